The number of phenols is 1. The maximum absolute atomic E-state index is 12.0. The van der Waals surface area contributed by atoms with Crippen molar-refractivity contribution in [3.63, 3.8) is 0 Å². The number of nitrogens with zero attached hydrogens (tertiary/aromatic N) is 1. The summed E-state index contributed by atoms with van der Waals surface area (Å²) in [5.41, 5.74) is 4.04. The zero-order valence-electron chi connectivity index (χ0n) is 14.4. The zero-order chi connectivity index (χ0) is 18.1. The molecule has 0 unspecified atom stereocenters. The Balaban J connectivity index is 1.94. The van der Waals surface area contributed by atoms with Crippen molar-refractivity contribution in [3.05, 3.63) is 54.1 Å². The van der Waals surface area contributed by atoms with Gasteiger partial charge in [-0.1, -0.05) is 19.1 Å². The van der Waals surface area contributed by atoms with Gasteiger partial charge in [0.2, 0.25) is 0 Å². The number of hydrazone groups is 1. The number of amides is 1. The van der Waals surface area contributed by atoms with Gasteiger partial charge in [-0.3, -0.25) is 4.79 Å². The number of rotatable bonds is 8. The molecule has 0 saturated carbocycles. The lowest BCUT2D eigenvalue weighted by Crippen LogP contribution is -2.26. The molecule has 2 aromatic rings. The minimum atomic E-state index is -0.365. The van der Waals surface area contributed by atoms with Gasteiger partial charge >= 0.3 is 0 Å². The molecule has 2 rings (SSSR count). The van der Waals surface area contributed by atoms with E-state index in [1.807, 2.05) is 26.0 Å². The van der Waals surface area contributed by atoms with Crippen LogP contribution >= 0.6 is 0 Å². The van der Waals surface area contributed by atoms with Crippen molar-refractivity contribution in [2.45, 2.75) is 20.3 Å². The molecule has 0 aliphatic carbocycles. The lowest BCUT2D eigenvalue weighted by Gasteiger charge is -2.11. The summed E-state index contributed by atoms with van der Waals surface area (Å²) < 4.78 is 10.9. The Morgan fingerprint density at radius 1 is 1.04 bits per heavy atom. The van der Waals surface area contributed by atoms with Gasteiger partial charge in [0.25, 0.3) is 5.91 Å². The monoisotopic (exact) mass is 342 g/mol. The van der Waals surface area contributed by atoms with Crippen LogP contribution in [-0.4, -0.2) is 29.9 Å². The number of aromatic hydroxyl groups is 1. The highest BCUT2D eigenvalue weighted by atomic mass is 16.5. The molecule has 132 valence electrons. The molecule has 0 aliphatic rings. The first-order valence-electron chi connectivity index (χ1n) is 8.13. The van der Waals surface area contributed by atoms with Gasteiger partial charge in [-0.15, -0.1) is 0 Å². The lowest BCUT2D eigenvalue weighted by molar-refractivity contribution is -0.123. The molecule has 0 saturated heterocycles. The number of para-hydroxylation sites is 2. The average Bonchev–Trinajstić information content (AvgIpc) is 2.63. The maximum atomic E-state index is 12.0. The van der Waals surface area contributed by atoms with Gasteiger partial charge in [-0.25, -0.2) is 5.43 Å². The molecule has 6 nitrogen and oxygen atoms in total. The predicted molar refractivity (Wildman–Crippen MR) is 96.2 cm³/mol. The number of carbonyl (C=O) groups is 1. The van der Waals surface area contributed by atoms with Gasteiger partial charge in [-0.2, -0.15) is 5.10 Å². The molecule has 1 amide bonds. The van der Waals surface area contributed by atoms with Crippen LogP contribution in [0.2, 0.25) is 0 Å². The van der Waals surface area contributed by atoms with Crippen molar-refractivity contribution in [3.8, 4) is 17.2 Å². The summed E-state index contributed by atoms with van der Waals surface area (Å²) in [5.74, 6) is 0.929. The third-order valence-electron chi connectivity index (χ3n) is 3.36. The van der Waals surface area contributed by atoms with Crippen LogP contribution in [0.3, 0.4) is 0 Å². The van der Waals surface area contributed by atoms with Gasteiger partial charge in [-0.05, 0) is 55.3 Å². The van der Waals surface area contributed by atoms with Crippen LogP contribution in [0, 0.1) is 0 Å². The molecule has 0 aromatic heterocycles. The largest absolute Gasteiger partial charge is 0.508 e. The Labute approximate surface area is 147 Å². The van der Waals surface area contributed by atoms with E-state index < -0.39 is 0 Å². The molecule has 0 fully saturated rings. The van der Waals surface area contributed by atoms with Crippen molar-refractivity contribution in [2.75, 3.05) is 13.2 Å². The van der Waals surface area contributed by atoms with Gasteiger partial charge in [0.15, 0.2) is 18.1 Å². The van der Waals surface area contributed by atoms with E-state index in [0.717, 1.165) is 5.56 Å². The third kappa shape index (κ3) is 5.53. The Morgan fingerprint density at radius 2 is 1.68 bits per heavy atom. The third-order valence-corrected chi connectivity index (χ3v) is 3.36. The summed E-state index contributed by atoms with van der Waals surface area (Å²) in [6.45, 7) is 4.17. The van der Waals surface area contributed by atoms with Crippen molar-refractivity contribution in [2.24, 2.45) is 5.10 Å². The summed E-state index contributed by atoms with van der Waals surface area (Å²) in [5, 5.41) is 13.5. The second-order valence-corrected chi connectivity index (χ2v) is 5.16. The first-order chi connectivity index (χ1) is 12.1. The zero-order valence-corrected chi connectivity index (χ0v) is 14.4. The van der Waals surface area contributed by atoms with Crippen molar-refractivity contribution < 1.29 is 19.4 Å². The highest BCUT2D eigenvalue weighted by molar-refractivity contribution is 6.01. The SMILES string of the molecule is CCOc1ccccc1OCC(=O)NN=C(CC)c1ccc(O)cc1. The maximum Gasteiger partial charge on any atom is 0.277 e. The van der Waals surface area contributed by atoms with E-state index in [9.17, 15) is 9.90 Å². The summed E-state index contributed by atoms with van der Waals surface area (Å²) in [6, 6.07) is 13.8. The first kappa shape index (κ1) is 18.3. The van der Waals surface area contributed by atoms with E-state index in [2.05, 4.69) is 10.5 Å². The number of ether oxygens (including phenoxy) is 2. The second kappa shape index (κ2) is 9.32. The highest BCUT2D eigenvalue weighted by Gasteiger charge is 2.08. The minimum absolute atomic E-state index is 0.167. The number of benzene rings is 2. The van der Waals surface area contributed by atoms with Crippen molar-refractivity contribution >= 4 is 11.6 Å². The van der Waals surface area contributed by atoms with Crippen LogP contribution in [0.15, 0.2) is 53.6 Å². The number of hydrogen-bond donors (Lipinski definition) is 2. The molecule has 25 heavy (non-hydrogen) atoms. The van der Waals surface area contributed by atoms with Crippen LogP contribution in [0.4, 0.5) is 0 Å². The van der Waals surface area contributed by atoms with Crippen molar-refractivity contribution in [1.29, 1.82) is 0 Å². The topological polar surface area (TPSA) is 80.2 Å². The van der Waals surface area contributed by atoms with E-state index >= 15 is 0 Å². The van der Waals surface area contributed by atoms with Crippen LogP contribution in [0.5, 0.6) is 17.2 Å². The second-order valence-electron chi connectivity index (χ2n) is 5.16. The first-order valence-corrected chi connectivity index (χ1v) is 8.13. The molecule has 0 radical (unpaired) electrons. The summed E-state index contributed by atoms with van der Waals surface area (Å²) in [6.07, 6.45) is 0.638. The van der Waals surface area contributed by atoms with E-state index in [1.165, 1.54) is 0 Å². The predicted octanol–water partition coefficient (Wildman–Crippen LogP) is 3.10. The fourth-order valence-electron chi connectivity index (χ4n) is 2.15. The smallest absolute Gasteiger partial charge is 0.277 e. The lowest BCUT2D eigenvalue weighted by atomic mass is 10.1. The molecular formula is C19H22N2O4. The molecule has 6 heteroatoms. The molecule has 0 bridgehead atoms. The van der Waals surface area contributed by atoms with Crippen molar-refractivity contribution in [1.82, 2.24) is 5.43 Å². The fourth-order valence-corrected chi connectivity index (χ4v) is 2.15. The normalized spacial score (nSPS) is 11.0. The molecule has 0 spiro atoms. The molecule has 2 aromatic carbocycles. The van der Waals surface area contributed by atoms with Crippen LogP contribution in [0.1, 0.15) is 25.8 Å². The molecule has 0 atom stereocenters. The molecular weight excluding hydrogens is 320 g/mol. The summed E-state index contributed by atoms with van der Waals surface area (Å²) in [4.78, 5) is 12.0. The number of phenolic OH excluding ortho intramolecular Hbond substituents is 1. The van der Waals surface area contributed by atoms with Gasteiger partial charge in [0.1, 0.15) is 5.75 Å². The number of nitrogens with one attached hydrogen (secondary N) is 1. The van der Waals surface area contributed by atoms with Crippen LogP contribution < -0.4 is 14.9 Å². The Morgan fingerprint density at radius 3 is 2.28 bits per heavy atom. The van der Waals surface area contributed by atoms with Gasteiger partial charge in [0, 0.05) is 0 Å². The Kier molecular flexibility index (Phi) is 6.83. The van der Waals surface area contributed by atoms with Crippen LogP contribution in [-0.2, 0) is 4.79 Å². The van der Waals surface area contributed by atoms with E-state index in [-0.39, 0.29) is 18.3 Å². The Hall–Kier alpha value is -3.02. The van der Waals surface area contributed by atoms with Gasteiger partial charge < -0.3 is 14.6 Å². The fraction of sp³-hybridized carbons (Fsp3) is 0.263. The summed E-state index contributed by atoms with van der Waals surface area (Å²) in [7, 11) is 0. The quantitative estimate of drug-likeness (QED) is 0.571. The number of carbonyl (C=O) groups excluding carboxylic acids is 1. The van der Waals surface area contributed by atoms with E-state index in [1.54, 1.807) is 36.4 Å². The highest BCUT2D eigenvalue weighted by Crippen LogP contribution is 2.26. The van der Waals surface area contributed by atoms with Crippen LogP contribution in [0.25, 0.3) is 0 Å². The molecule has 0 aliphatic heterocycles. The van der Waals surface area contributed by atoms with Gasteiger partial charge in [0.05, 0.1) is 12.3 Å². The van der Waals surface area contributed by atoms with E-state index in [0.29, 0.717) is 30.2 Å². The average molecular weight is 342 g/mol. The standard InChI is InChI=1S/C19H22N2O4/c1-3-16(14-9-11-15(22)12-10-14)20-21-19(23)13-25-18-8-6-5-7-17(18)24-4-2/h5-12,22H,3-4,13H2,1-2H3,(H,21,23). The summed E-state index contributed by atoms with van der Waals surface area (Å²) >= 11 is 0. The Bertz CT molecular complexity index is 726. The van der Waals surface area contributed by atoms with E-state index in [4.69, 9.17) is 9.47 Å². The number of hydrogen-bond acceptors (Lipinski definition) is 5. The molecule has 2 N–H and O–H groups in total. The molecule has 0 heterocycles. The minimum Gasteiger partial charge on any atom is -0.508 e.